The number of anilines is 1. The predicted octanol–water partition coefficient (Wildman–Crippen LogP) is 3.50. The van der Waals surface area contributed by atoms with Crippen LogP contribution in [0.25, 0.3) is 0 Å². The van der Waals surface area contributed by atoms with Gasteiger partial charge in [0.05, 0.1) is 17.6 Å². The Kier molecular flexibility index (Phi) is 4.70. The van der Waals surface area contributed by atoms with Crippen LogP contribution in [0.1, 0.15) is 11.6 Å². The molecule has 5 nitrogen and oxygen atoms in total. The fourth-order valence-electron chi connectivity index (χ4n) is 1.84. The minimum Gasteiger partial charge on any atom is -0.394 e. The normalized spacial score (nSPS) is 11.9. The van der Waals surface area contributed by atoms with Crippen molar-refractivity contribution in [1.82, 2.24) is 0 Å². The van der Waals surface area contributed by atoms with Crippen molar-refractivity contribution < 1.29 is 10.0 Å². The number of benzene rings is 2. The van der Waals surface area contributed by atoms with E-state index >= 15 is 0 Å². The zero-order valence-corrected chi connectivity index (χ0v) is 12.1. The second-order valence-electron chi connectivity index (χ2n) is 4.21. The first-order valence-electron chi connectivity index (χ1n) is 5.98. The number of nitrogens with zero attached hydrogens (tertiary/aromatic N) is 1. The molecule has 0 aliphatic rings. The third kappa shape index (κ3) is 3.34. The van der Waals surface area contributed by atoms with Crippen molar-refractivity contribution in [2.45, 2.75) is 6.04 Å². The lowest BCUT2D eigenvalue weighted by Crippen LogP contribution is -2.15. The summed E-state index contributed by atoms with van der Waals surface area (Å²) in [5, 5.41) is 23.3. The number of hydrogen-bond acceptors (Lipinski definition) is 4. The molecule has 0 bridgehead atoms. The van der Waals surface area contributed by atoms with Crippen LogP contribution < -0.4 is 5.32 Å². The molecule has 2 rings (SSSR count). The molecule has 0 aromatic heterocycles. The Bertz CT molecular complexity index is 605. The molecule has 2 N–H and O–H groups in total. The minimum atomic E-state index is -0.449. The largest absolute Gasteiger partial charge is 0.394 e. The van der Waals surface area contributed by atoms with Crippen molar-refractivity contribution in [2.24, 2.45) is 0 Å². The van der Waals surface area contributed by atoms with E-state index in [0.29, 0.717) is 10.2 Å². The fourth-order valence-corrected chi connectivity index (χ4v) is 2.32. The minimum absolute atomic E-state index is 0.0164. The van der Waals surface area contributed by atoms with Gasteiger partial charge in [0, 0.05) is 22.3 Å². The summed E-state index contributed by atoms with van der Waals surface area (Å²) in [5.41, 5.74) is 1.65. The number of aliphatic hydroxyl groups excluding tert-OH is 1. The molecule has 1 atom stereocenters. The van der Waals surface area contributed by atoms with E-state index in [1.165, 1.54) is 12.1 Å². The topological polar surface area (TPSA) is 75.4 Å². The molecule has 0 spiro atoms. The van der Waals surface area contributed by atoms with E-state index < -0.39 is 4.92 Å². The first-order chi connectivity index (χ1) is 9.61. The SMILES string of the molecule is O=[N+]([O-])c1ccc(N[C@@H](CO)c2ccccc2)c(Br)c1. The van der Waals surface area contributed by atoms with Gasteiger partial charge >= 0.3 is 0 Å². The molecule has 2 aromatic rings. The molecular formula is C14H13BrN2O3. The molecule has 0 heterocycles. The number of non-ortho nitro benzene ring substituents is 1. The van der Waals surface area contributed by atoms with Crippen LogP contribution in [0.15, 0.2) is 53.0 Å². The maximum absolute atomic E-state index is 10.7. The van der Waals surface area contributed by atoms with Crippen LogP contribution in [0.3, 0.4) is 0 Å². The Hall–Kier alpha value is -1.92. The number of nitro groups is 1. The summed E-state index contributed by atoms with van der Waals surface area (Å²) in [7, 11) is 0. The van der Waals surface area contributed by atoms with Crippen LogP contribution in [-0.2, 0) is 0 Å². The van der Waals surface area contributed by atoms with Gasteiger partial charge in [0.15, 0.2) is 0 Å². The molecule has 20 heavy (non-hydrogen) atoms. The molecule has 0 saturated carbocycles. The van der Waals surface area contributed by atoms with Gasteiger partial charge < -0.3 is 10.4 Å². The van der Waals surface area contributed by atoms with Crippen molar-refractivity contribution in [3.8, 4) is 0 Å². The molecule has 0 aliphatic heterocycles. The molecule has 0 amide bonds. The number of aliphatic hydroxyl groups is 1. The smallest absolute Gasteiger partial charge is 0.270 e. The highest BCUT2D eigenvalue weighted by molar-refractivity contribution is 9.10. The average molecular weight is 337 g/mol. The van der Waals surface area contributed by atoms with Crippen LogP contribution >= 0.6 is 15.9 Å². The summed E-state index contributed by atoms with van der Waals surface area (Å²) >= 11 is 3.30. The van der Waals surface area contributed by atoms with Gasteiger partial charge in [0.1, 0.15) is 0 Å². The number of nitrogens with one attached hydrogen (secondary N) is 1. The van der Waals surface area contributed by atoms with E-state index in [0.717, 1.165) is 5.56 Å². The van der Waals surface area contributed by atoms with Crippen LogP contribution in [0.5, 0.6) is 0 Å². The third-order valence-corrected chi connectivity index (χ3v) is 3.53. The summed E-state index contributed by atoms with van der Waals surface area (Å²) in [5.74, 6) is 0. The number of nitro benzene ring substituents is 1. The van der Waals surface area contributed by atoms with Gasteiger partial charge in [0.25, 0.3) is 5.69 Å². The van der Waals surface area contributed by atoms with Gasteiger partial charge in [-0.25, -0.2) is 0 Å². The Balaban J connectivity index is 2.22. The molecule has 0 saturated heterocycles. The van der Waals surface area contributed by atoms with E-state index in [4.69, 9.17) is 0 Å². The van der Waals surface area contributed by atoms with Crippen molar-refractivity contribution in [3.63, 3.8) is 0 Å². The van der Waals surface area contributed by atoms with Gasteiger partial charge in [0.2, 0.25) is 0 Å². The number of hydrogen-bond donors (Lipinski definition) is 2. The number of halogens is 1. The molecule has 0 unspecified atom stereocenters. The molecular weight excluding hydrogens is 324 g/mol. The van der Waals surface area contributed by atoms with Gasteiger partial charge in [-0.15, -0.1) is 0 Å². The van der Waals surface area contributed by atoms with Gasteiger partial charge in [-0.3, -0.25) is 10.1 Å². The Morgan fingerprint density at radius 2 is 1.95 bits per heavy atom. The molecule has 6 heteroatoms. The first-order valence-corrected chi connectivity index (χ1v) is 6.77. The maximum Gasteiger partial charge on any atom is 0.270 e. The summed E-state index contributed by atoms with van der Waals surface area (Å²) in [6.45, 7) is -0.0760. The van der Waals surface area contributed by atoms with Crippen LogP contribution in [0, 0.1) is 10.1 Å². The predicted molar refractivity (Wildman–Crippen MR) is 80.7 cm³/mol. The van der Waals surface area contributed by atoms with E-state index in [9.17, 15) is 15.2 Å². The summed E-state index contributed by atoms with van der Waals surface area (Å²) in [6.07, 6.45) is 0. The monoisotopic (exact) mass is 336 g/mol. The molecule has 104 valence electrons. The lowest BCUT2D eigenvalue weighted by atomic mass is 10.1. The number of rotatable bonds is 5. The average Bonchev–Trinajstić information content (AvgIpc) is 2.46. The quantitative estimate of drug-likeness (QED) is 0.647. The highest BCUT2D eigenvalue weighted by Crippen LogP contribution is 2.30. The van der Waals surface area contributed by atoms with Crippen LogP contribution in [0.2, 0.25) is 0 Å². The second-order valence-corrected chi connectivity index (χ2v) is 5.07. The first kappa shape index (κ1) is 14.5. The second kappa shape index (κ2) is 6.49. The highest BCUT2D eigenvalue weighted by Gasteiger charge is 2.14. The molecule has 0 radical (unpaired) electrons. The standard InChI is InChI=1S/C14H13BrN2O3/c15-12-8-11(17(19)20)6-7-13(12)16-14(9-18)10-4-2-1-3-5-10/h1-8,14,16,18H,9H2/t14-/m0/s1. The van der Waals surface area contributed by atoms with Crippen molar-refractivity contribution in [2.75, 3.05) is 11.9 Å². The zero-order valence-electron chi connectivity index (χ0n) is 10.5. The van der Waals surface area contributed by atoms with E-state index in [1.54, 1.807) is 6.07 Å². The van der Waals surface area contributed by atoms with Crippen molar-refractivity contribution >= 4 is 27.3 Å². The molecule has 0 aliphatic carbocycles. The van der Waals surface area contributed by atoms with Gasteiger partial charge in [-0.1, -0.05) is 30.3 Å². The van der Waals surface area contributed by atoms with Crippen molar-refractivity contribution in [3.05, 3.63) is 68.7 Å². The lowest BCUT2D eigenvalue weighted by Gasteiger charge is -2.18. The lowest BCUT2D eigenvalue weighted by molar-refractivity contribution is -0.384. The van der Waals surface area contributed by atoms with E-state index in [1.807, 2.05) is 30.3 Å². The van der Waals surface area contributed by atoms with Crippen LogP contribution in [-0.4, -0.2) is 16.6 Å². The molecule has 2 aromatic carbocycles. The van der Waals surface area contributed by atoms with E-state index in [2.05, 4.69) is 21.2 Å². The van der Waals surface area contributed by atoms with E-state index in [-0.39, 0.29) is 18.3 Å². The maximum atomic E-state index is 10.7. The summed E-state index contributed by atoms with van der Waals surface area (Å²) in [6, 6.07) is 13.7. The van der Waals surface area contributed by atoms with Crippen LogP contribution in [0.4, 0.5) is 11.4 Å². The Morgan fingerprint density at radius 3 is 2.50 bits per heavy atom. The van der Waals surface area contributed by atoms with Gasteiger partial charge in [-0.05, 0) is 27.6 Å². The Morgan fingerprint density at radius 1 is 1.25 bits per heavy atom. The molecule has 0 fully saturated rings. The van der Waals surface area contributed by atoms with Crippen molar-refractivity contribution in [1.29, 1.82) is 0 Å². The third-order valence-electron chi connectivity index (χ3n) is 2.88. The fraction of sp³-hybridized carbons (Fsp3) is 0.143. The zero-order chi connectivity index (χ0) is 14.5. The highest BCUT2D eigenvalue weighted by atomic mass is 79.9. The summed E-state index contributed by atoms with van der Waals surface area (Å²) in [4.78, 5) is 10.2. The summed E-state index contributed by atoms with van der Waals surface area (Å²) < 4.78 is 0.584. The Labute approximate surface area is 124 Å². The van der Waals surface area contributed by atoms with Gasteiger partial charge in [-0.2, -0.15) is 0 Å².